The molecule has 2 rings (SSSR count). The maximum absolute atomic E-state index is 5.89. The van der Waals surface area contributed by atoms with E-state index in [1.54, 1.807) is 4.52 Å². The summed E-state index contributed by atoms with van der Waals surface area (Å²) in [5, 5.41) is 4.31. The van der Waals surface area contributed by atoms with Crippen molar-refractivity contribution < 1.29 is 4.74 Å². The fourth-order valence-corrected chi connectivity index (χ4v) is 1.95. The summed E-state index contributed by atoms with van der Waals surface area (Å²) in [7, 11) is 0. The van der Waals surface area contributed by atoms with E-state index in [2.05, 4.69) is 10.1 Å². The molecule has 0 spiro atoms. The zero-order valence-electron chi connectivity index (χ0n) is 9.57. The minimum atomic E-state index is -0.471. The summed E-state index contributed by atoms with van der Waals surface area (Å²) in [4.78, 5) is 4.27. The Labute approximate surface area is 99.2 Å². The van der Waals surface area contributed by atoms with Crippen LogP contribution in [0.4, 0.5) is 0 Å². The predicted octanol–water partition coefficient (Wildman–Crippen LogP) is 2.65. The summed E-state index contributed by atoms with van der Waals surface area (Å²) in [6.45, 7) is 6.53. The van der Waals surface area contributed by atoms with Gasteiger partial charge in [0.15, 0.2) is 0 Å². The smallest absolute Gasteiger partial charge is 0.241 e. The second kappa shape index (κ2) is 4.03. The van der Waals surface area contributed by atoms with E-state index in [1.807, 2.05) is 39.1 Å². The quantitative estimate of drug-likeness (QED) is 0.827. The van der Waals surface area contributed by atoms with Gasteiger partial charge in [-0.15, -0.1) is 5.10 Å². The molecule has 16 heavy (non-hydrogen) atoms. The van der Waals surface area contributed by atoms with Crippen LogP contribution in [0.3, 0.4) is 0 Å². The average molecular weight is 240 g/mol. The molecular weight excluding hydrogens is 226 g/mol. The number of nitrogens with zero attached hydrogens (tertiary/aromatic N) is 3. The van der Waals surface area contributed by atoms with E-state index in [0.29, 0.717) is 6.61 Å². The van der Waals surface area contributed by atoms with Gasteiger partial charge in [-0.3, -0.25) is 0 Å². The van der Waals surface area contributed by atoms with Crippen LogP contribution in [0.5, 0.6) is 0 Å². The molecule has 0 amide bonds. The van der Waals surface area contributed by atoms with E-state index >= 15 is 0 Å². The van der Waals surface area contributed by atoms with E-state index in [9.17, 15) is 0 Å². The van der Waals surface area contributed by atoms with Crippen LogP contribution in [0.1, 0.15) is 26.5 Å². The van der Waals surface area contributed by atoms with Crippen LogP contribution < -0.4 is 0 Å². The van der Waals surface area contributed by atoms with Gasteiger partial charge in [-0.05, 0) is 44.5 Å². The van der Waals surface area contributed by atoms with Crippen molar-refractivity contribution in [2.24, 2.45) is 0 Å². The van der Waals surface area contributed by atoms with Crippen LogP contribution in [0.2, 0.25) is 5.28 Å². The number of rotatable bonds is 3. The molecule has 0 N–H and O–H groups in total. The zero-order valence-corrected chi connectivity index (χ0v) is 10.3. The summed E-state index contributed by atoms with van der Waals surface area (Å²) in [5.41, 5.74) is 1.25. The maximum Gasteiger partial charge on any atom is 0.241 e. The van der Waals surface area contributed by atoms with Gasteiger partial charge in [-0.25, -0.2) is 9.50 Å². The van der Waals surface area contributed by atoms with Gasteiger partial charge >= 0.3 is 0 Å². The molecule has 4 nitrogen and oxygen atoms in total. The Kier molecular flexibility index (Phi) is 2.86. The molecule has 0 aliphatic carbocycles. The Morgan fingerprint density at radius 3 is 2.94 bits per heavy atom. The first-order valence-electron chi connectivity index (χ1n) is 5.20. The summed E-state index contributed by atoms with van der Waals surface area (Å²) in [5.74, 6) is 0. The highest BCUT2D eigenvalue weighted by Crippen LogP contribution is 2.27. The van der Waals surface area contributed by atoms with Gasteiger partial charge in [0, 0.05) is 12.8 Å². The van der Waals surface area contributed by atoms with Crippen LogP contribution in [0.25, 0.3) is 5.52 Å². The third-order valence-corrected chi connectivity index (χ3v) is 2.60. The number of aromatic nitrogens is 3. The predicted molar refractivity (Wildman–Crippen MR) is 62.6 cm³/mol. The molecule has 0 bridgehead atoms. The molecule has 2 heterocycles. The van der Waals surface area contributed by atoms with Crippen molar-refractivity contribution in [3.63, 3.8) is 0 Å². The van der Waals surface area contributed by atoms with Crippen LogP contribution in [0.15, 0.2) is 18.3 Å². The highest BCUT2D eigenvalue weighted by molar-refractivity contribution is 6.28. The third kappa shape index (κ3) is 1.90. The SMILES string of the molecule is CCOC(C)(C)c1nc(Cl)nn2cccc12. The zero-order chi connectivity index (χ0) is 11.8. The summed E-state index contributed by atoms with van der Waals surface area (Å²) in [6.07, 6.45) is 1.84. The van der Waals surface area contributed by atoms with Crippen molar-refractivity contribution >= 4 is 17.1 Å². The molecule has 0 fully saturated rings. The molecule has 0 aromatic carbocycles. The van der Waals surface area contributed by atoms with E-state index in [0.717, 1.165) is 11.2 Å². The highest BCUT2D eigenvalue weighted by atomic mass is 35.5. The monoisotopic (exact) mass is 239 g/mol. The first-order chi connectivity index (χ1) is 7.54. The Hall–Kier alpha value is -1.13. The fourth-order valence-electron chi connectivity index (χ4n) is 1.78. The molecule has 0 saturated heterocycles. The van der Waals surface area contributed by atoms with Gasteiger partial charge in [0.1, 0.15) is 11.3 Å². The summed E-state index contributed by atoms with van der Waals surface area (Å²) in [6, 6.07) is 3.86. The summed E-state index contributed by atoms with van der Waals surface area (Å²) < 4.78 is 7.40. The topological polar surface area (TPSA) is 39.4 Å². The number of fused-ring (bicyclic) bond motifs is 1. The molecular formula is C11H14ClN3O. The molecule has 2 aromatic heterocycles. The fraction of sp³-hybridized carbons (Fsp3) is 0.455. The van der Waals surface area contributed by atoms with E-state index in [4.69, 9.17) is 16.3 Å². The van der Waals surface area contributed by atoms with E-state index < -0.39 is 5.60 Å². The molecule has 0 atom stereocenters. The number of hydrogen-bond donors (Lipinski definition) is 0. The van der Waals surface area contributed by atoms with E-state index in [-0.39, 0.29) is 5.28 Å². The van der Waals surface area contributed by atoms with Crippen molar-refractivity contribution in [3.05, 3.63) is 29.3 Å². The van der Waals surface area contributed by atoms with Gasteiger partial charge in [-0.1, -0.05) is 0 Å². The number of hydrogen-bond acceptors (Lipinski definition) is 3. The molecule has 5 heteroatoms. The molecule has 0 saturated carbocycles. The molecule has 86 valence electrons. The van der Waals surface area contributed by atoms with Crippen LogP contribution in [0, 0.1) is 0 Å². The minimum Gasteiger partial charge on any atom is -0.369 e. The Morgan fingerprint density at radius 1 is 1.50 bits per heavy atom. The van der Waals surface area contributed by atoms with E-state index in [1.165, 1.54) is 0 Å². The Balaban J connectivity index is 2.62. The lowest BCUT2D eigenvalue weighted by Crippen LogP contribution is -2.24. The minimum absolute atomic E-state index is 0.228. The molecule has 0 aliphatic rings. The standard InChI is InChI=1S/C11H14ClN3O/c1-4-16-11(2,3)9-8-6-5-7-15(8)14-10(12)13-9/h5-7H,4H2,1-3H3. The first kappa shape index (κ1) is 11.4. The average Bonchev–Trinajstić information content (AvgIpc) is 2.63. The molecule has 2 aromatic rings. The van der Waals surface area contributed by atoms with Gasteiger partial charge in [-0.2, -0.15) is 0 Å². The largest absolute Gasteiger partial charge is 0.369 e. The van der Waals surface area contributed by atoms with Gasteiger partial charge in [0.2, 0.25) is 5.28 Å². The Morgan fingerprint density at radius 2 is 2.25 bits per heavy atom. The van der Waals surface area contributed by atoms with Crippen LogP contribution in [-0.2, 0) is 10.3 Å². The van der Waals surface area contributed by atoms with Crippen LogP contribution in [-0.4, -0.2) is 21.2 Å². The van der Waals surface area contributed by atoms with Crippen LogP contribution >= 0.6 is 11.6 Å². The second-order valence-corrected chi connectivity index (χ2v) is 4.35. The lowest BCUT2D eigenvalue weighted by molar-refractivity contribution is -0.0164. The maximum atomic E-state index is 5.89. The van der Waals surface area contributed by atoms with Crippen molar-refractivity contribution in [1.29, 1.82) is 0 Å². The molecule has 0 aliphatic heterocycles. The summed E-state index contributed by atoms with van der Waals surface area (Å²) >= 11 is 5.89. The first-order valence-corrected chi connectivity index (χ1v) is 5.57. The lowest BCUT2D eigenvalue weighted by Gasteiger charge is -2.24. The Bertz CT molecular complexity index is 507. The number of ether oxygens (including phenoxy) is 1. The molecule has 0 radical (unpaired) electrons. The van der Waals surface area contributed by atoms with Crippen molar-refractivity contribution in [3.8, 4) is 0 Å². The second-order valence-electron chi connectivity index (χ2n) is 4.01. The highest BCUT2D eigenvalue weighted by Gasteiger charge is 2.26. The van der Waals surface area contributed by atoms with Gasteiger partial charge in [0.25, 0.3) is 0 Å². The normalized spacial score (nSPS) is 12.2. The number of halogens is 1. The molecule has 0 unspecified atom stereocenters. The van der Waals surface area contributed by atoms with Gasteiger partial charge in [0.05, 0.1) is 5.52 Å². The van der Waals surface area contributed by atoms with Gasteiger partial charge < -0.3 is 4.74 Å². The van der Waals surface area contributed by atoms with Crippen molar-refractivity contribution in [2.45, 2.75) is 26.4 Å². The van der Waals surface area contributed by atoms with Crippen molar-refractivity contribution in [1.82, 2.24) is 14.6 Å². The lowest BCUT2D eigenvalue weighted by atomic mass is 10.0. The van der Waals surface area contributed by atoms with Crippen molar-refractivity contribution in [2.75, 3.05) is 6.61 Å². The third-order valence-electron chi connectivity index (χ3n) is 2.44.